The van der Waals surface area contributed by atoms with E-state index < -0.39 is 27.8 Å². The summed E-state index contributed by atoms with van der Waals surface area (Å²) in [7, 11) is -3.68. The summed E-state index contributed by atoms with van der Waals surface area (Å²) in [6.45, 7) is 5.22. The van der Waals surface area contributed by atoms with E-state index in [-0.39, 0.29) is 65.4 Å². The lowest BCUT2D eigenvalue weighted by atomic mass is 10.1. The summed E-state index contributed by atoms with van der Waals surface area (Å²) in [5.74, 6) is -1.26. The SMILES string of the molecule is C=CS(=O)(=O)N1CCN2C(=O)c3c(N4CCOCC4)nc(-c4c(O)cccc4F)c(Cl)c3OC[C@H]2C1. The number of aromatic hydroxyl groups is 1. The molecule has 1 aromatic carbocycles. The highest BCUT2D eigenvalue weighted by molar-refractivity contribution is 7.92. The van der Waals surface area contributed by atoms with Crippen LogP contribution >= 0.6 is 11.6 Å². The molecule has 5 rings (SSSR count). The summed E-state index contributed by atoms with van der Waals surface area (Å²) in [6, 6.07) is 3.26. The number of carbonyl (C=O) groups excluding carboxylic acids is 1. The predicted octanol–water partition coefficient (Wildman–Crippen LogP) is 2.08. The molecule has 0 unspecified atom stereocenters. The number of nitrogens with zero attached hydrogens (tertiary/aromatic N) is 4. The van der Waals surface area contributed by atoms with Crippen LogP contribution in [-0.4, -0.2) is 92.2 Å². The number of phenols is 1. The lowest BCUT2D eigenvalue weighted by Gasteiger charge is -2.39. The molecular weight excluding hydrogens is 515 g/mol. The quantitative estimate of drug-likeness (QED) is 0.629. The minimum Gasteiger partial charge on any atom is -0.507 e. The lowest BCUT2D eigenvalue weighted by Crippen LogP contribution is -2.57. The molecule has 2 saturated heterocycles. The van der Waals surface area contributed by atoms with Gasteiger partial charge < -0.3 is 24.4 Å². The first-order valence-electron chi connectivity index (χ1n) is 11.3. The van der Waals surface area contributed by atoms with Crippen LogP contribution in [0.4, 0.5) is 10.2 Å². The Hall–Kier alpha value is -2.93. The number of sulfonamides is 1. The largest absolute Gasteiger partial charge is 0.507 e. The molecule has 0 radical (unpaired) electrons. The maximum atomic E-state index is 14.8. The second-order valence-corrected chi connectivity index (χ2v) is 10.8. The van der Waals surface area contributed by atoms with E-state index >= 15 is 0 Å². The third kappa shape index (κ3) is 4.17. The molecule has 1 amide bonds. The minimum atomic E-state index is -3.68. The van der Waals surface area contributed by atoms with E-state index in [1.54, 1.807) is 4.90 Å². The molecule has 3 aliphatic rings. The van der Waals surface area contributed by atoms with Gasteiger partial charge in [-0.1, -0.05) is 24.2 Å². The summed E-state index contributed by atoms with van der Waals surface area (Å²) in [5, 5.41) is 11.2. The van der Waals surface area contributed by atoms with Crippen LogP contribution in [0.15, 0.2) is 30.2 Å². The van der Waals surface area contributed by atoms with E-state index in [0.717, 1.165) is 5.41 Å². The zero-order valence-electron chi connectivity index (χ0n) is 19.2. The van der Waals surface area contributed by atoms with Crippen molar-refractivity contribution in [1.29, 1.82) is 0 Å². The monoisotopic (exact) mass is 538 g/mol. The first-order chi connectivity index (χ1) is 17.2. The summed E-state index contributed by atoms with van der Waals surface area (Å²) in [4.78, 5) is 21.9. The number of hydrogen-bond donors (Lipinski definition) is 1. The van der Waals surface area contributed by atoms with Crippen molar-refractivity contribution in [3.8, 4) is 22.8 Å². The fraction of sp³-hybridized carbons (Fsp3) is 0.391. The van der Waals surface area contributed by atoms with Gasteiger partial charge in [-0.3, -0.25) is 4.79 Å². The van der Waals surface area contributed by atoms with Gasteiger partial charge in [0, 0.05) is 38.1 Å². The Bertz CT molecular complexity index is 1310. The van der Waals surface area contributed by atoms with Crippen LogP contribution in [-0.2, 0) is 14.8 Å². The molecule has 192 valence electrons. The molecule has 3 aliphatic heterocycles. The van der Waals surface area contributed by atoms with Gasteiger partial charge in [0.1, 0.15) is 40.3 Å². The van der Waals surface area contributed by atoms with Crippen molar-refractivity contribution in [2.24, 2.45) is 0 Å². The van der Waals surface area contributed by atoms with Gasteiger partial charge in [-0.2, -0.15) is 4.31 Å². The number of hydrogen-bond acceptors (Lipinski definition) is 8. The number of halogens is 2. The molecule has 0 saturated carbocycles. The number of benzene rings is 1. The highest BCUT2D eigenvalue weighted by Gasteiger charge is 2.42. The van der Waals surface area contributed by atoms with Gasteiger partial charge in [0.15, 0.2) is 5.75 Å². The predicted molar refractivity (Wildman–Crippen MR) is 130 cm³/mol. The van der Waals surface area contributed by atoms with Crippen molar-refractivity contribution in [2.45, 2.75) is 6.04 Å². The van der Waals surface area contributed by atoms with Gasteiger partial charge in [-0.15, -0.1) is 0 Å². The van der Waals surface area contributed by atoms with Crippen LogP contribution in [0.5, 0.6) is 11.5 Å². The van der Waals surface area contributed by atoms with Gasteiger partial charge in [0.25, 0.3) is 5.91 Å². The van der Waals surface area contributed by atoms with Crippen LogP contribution in [0, 0.1) is 5.82 Å². The number of fused-ring (bicyclic) bond motifs is 2. The highest BCUT2D eigenvalue weighted by atomic mass is 35.5. The fourth-order valence-corrected chi connectivity index (χ4v) is 5.88. The van der Waals surface area contributed by atoms with Crippen molar-refractivity contribution in [1.82, 2.24) is 14.2 Å². The van der Waals surface area contributed by atoms with E-state index in [1.165, 1.54) is 22.5 Å². The second kappa shape index (κ2) is 9.51. The van der Waals surface area contributed by atoms with Gasteiger partial charge in [-0.05, 0) is 12.1 Å². The molecule has 10 nitrogen and oxygen atoms in total. The number of rotatable bonds is 4. The number of anilines is 1. The topological polar surface area (TPSA) is 113 Å². The zero-order chi connectivity index (χ0) is 25.6. The zero-order valence-corrected chi connectivity index (χ0v) is 20.8. The molecule has 36 heavy (non-hydrogen) atoms. The Labute approximate surface area is 212 Å². The van der Waals surface area contributed by atoms with E-state index in [2.05, 4.69) is 11.6 Å². The molecule has 1 N–H and O–H groups in total. The van der Waals surface area contributed by atoms with Gasteiger partial charge in [0.2, 0.25) is 10.0 Å². The molecule has 0 bridgehead atoms. The standard InChI is InChI=1S/C23H24ClFN4O6S/c1-2-36(32,33)28-6-7-29-14(12-28)13-35-21-18(23(29)31)22(27-8-10-34-11-9-27)26-20(19(21)24)17-15(25)4-3-5-16(17)30/h2-5,14,30H,1,6-13H2/t14-/m1/s1. The maximum Gasteiger partial charge on any atom is 0.261 e. The second-order valence-electron chi connectivity index (χ2n) is 8.57. The maximum absolute atomic E-state index is 14.8. The van der Waals surface area contributed by atoms with Gasteiger partial charge in [-0.25, -0.2) is 17.8 Å². The third-order valence-electron chi connectivity index (χ3n) is 6.53. The summed E-state index contributed by atoms with van der Waals surface area (Å²) in [5.41, 5.74) is -0.152. The van der Waals surface area contributed by atoms with Crippen molar-refractivity contribution < 1.29 is 32.2 Å². The summed E-state index contributed by atoms with van der Waals surface area (Å²) in [6.07, 6.45) is 0. The lowest BCUT2D eigenvalue weighted by molar-refractivity contribution is 0.0521. The third-order valence-corrected chi connectivity index (χ3v) is 8.35. The number of piperazine rings is 1. The first-order valence-corrected chi connectivity index (χ1v) is 13.2. The molecule has 2 aromatic rings. The minimum absolute atomic E-state index is 0.0170. The van der Waals surface area contributed by atoms with Crippen molar-refractivity contribution in [3.63, 3.8) is 0 Å². The van der Waals surface area contributed by atoms with Crippen molar-refractivity contribution >= 4 is 33.3 Å². The molecule has 2 fully saturated rings. The van der Waals surface area contributed by atoms with E-state index in [9.17, 15) is 22.7 Å². The smallest absolute Gasteiger partial charge is 0.261 e. The summed E-state index contributed by atoms with van der Waals surface area (Å²) >= 11 is 6.68. The van der Waals surface area contributed by atoms with Crippen LogP contribution in [0.1, 0.15) is 10.4 Å². The van der Waals surface area contributed by atoms with Gasteiger partial charge >= 0.3 is 0 Å². The van der Waals surface area contributed by atoms with E-state index in [4.69, 9.17) is 21.1 Å². The average Bonchev–Trinajstić information content (AvgIpc) is 3.02. The number of pyridine rings is 1. The van der Waals surface area contributed by atoms with Crippen LogP contribution < -0.4 is 9.64 Å². The normalized spacial score (nSPS) is 20.8. The Kier molecular flexibility index (Phi) is 6.54. The Balaban J connectivity index is 1.65. The van der Waals surface area contributed by atoms with E-state index in [0.29, 0.717) is 26.3 Å². The molecule has 13 heteroatoms. The fourth-order valence-electron chi connectivity index (χ4n) is 4.67. The molecule has 0 aliphatic carbocycles. The van der Waals surface area contributed by atoms with Crippen LogP contribution in [0.25, 0.3) is 11.3 Å². The van der Waals surface area contributed by atoms with Crippen LogP contribution in [0.2, 0.25) is 5.02 Å². The number of amides is 1. The Morgan fingerprint density at radius 3 is 2.64 bits per heavy atom. The van der Waals surface area contributed by atoms with E-state index in [1.807, 2.05) is 4.90 Å². The first kappa shape index (κ1) is 24.8. The highest BCUT2D eigenvalue weighted by Crippen LogP contribution is 2.46. The Morgan fingerprint density at radius 1 is 1.19 bits per heavy atom. The van der Waals surface area contributed by atoms with Crippen molar-refractivity contribution in [3.05, 3.63) is 46.6 Å². The molecule has 4 heterocycles. The average molecular weight is 539 g/mol. The number of aromatic nitrogens is 1. The summed E-state index contributed by atoms with van der Waals surface area (Å²) < 4.78 is 52.3. The molecule has 0 spiro atoms. The number of phenolic OH excluding ortho intramolecular Hbond substituents is 1. The molecule has 1 aromatic heterocycles. The van der Waals surface area contributed by atoms with Crippen LogP contribution in [0.3, 0.4) is 0 Å². The number of carbonyl (C=O) groups is 1. The molecule has 1 atom stereocenters. The number of morpholine rings is 1. The van der Waals surface area contributed by atoms with Crippen molar-refractivity contribution in [2.75, 3.05) is 57.4 Å². The number of ether oxygens (including phenoxy) is 2. The van der Waals surface area contributed by atoms with Gasteiger partial charge in [0.05, 0.1) is 24.8 Å². The Morgan fingerprint density at radius 2 is 1.94 bits per heavy atom. The molecular formula is C23H24ClFN4O6S.